The largest absolute Gasteiger partial charge is 0.508 e. The number of phenolic OH excluding ortho intramolecular Hbond substituents is 1. The number of rotatable bonds is 1. The monoisotopic (exact) mass is 180 g/mol. The number of phenols is 1. The van der Waals surface area contributed by atoms with Gasteiger partial charge in [0.1, 0.15) is 12.0 Å². The lowest BCUT2D eigenvalue weighted by molar-refractivity contribution is -0.108. The zero-order valence-corrected chi connectivity index (χ0v) is 7.17. The van der Waals surface area contributed by atoms with Crippen molar-refractivity contribution in [3.05, 3.63) is 23.8 Å². The smallest absolute Gasteiger partial charge is 0.128 e. The Hall–Kier alpha value is -0.960. The normalized spacial score (nSPS) is 20.5. The van der Waals surface area contributed by atoms with Crippen LogP contribution in [-0.2, 0) is 4.79 Å². The van der Waals surface area contributed by atoms with E-state index in [9.17, 15) is 9.90 Å². The van der Waals surface area contributed by atoms with Crippen molar-refractivity contribution in [2.75, 3.05) is 5.75 Å². The lowest BCUT2D eigenvalue weighted by atomic mass is 10.0. The highest BCUT2D eigenvalue weighted by Crippen LogP contribution is 2.42. The number of benzene rings is 1. The van der Waals surface area contributed by atoms with E-state index >= 15 is 0 Å². The lowest BCUT2D eigenvalue weighted by Gasteiger charge is -2.03. The van der Waals surface area contributed by atoms with Gasteiger partial charge in [-0.2, -0.15) is 0 Å². The van der Waals surface area contributed by atoms with Crippen molar-refractivity contribution < 1.29 is 9.90 Å². The van der Waals surface area contributed by atoms with E-state index in [1.165, 1.54) is 0 Å². The molecule has 0 spiro atoms. The molecule has 1 N–H and O–H groups in total. The zero-order valence-electron chi connectivity index (χ0n) is 6.36. The zero-order chi connectivity index (χ0) is 8.55. The molecule has 1 heterocycles. The molecule has 1 aromatic rings. The second-order valence-corrected chi connectivity index (χ2v) is 3.80. The maximum absolute atomic E-state index is 10.6. The molecule has 0 saturated heterocycles. The molecule has 1 aliphatic heterocycles. The van der Waals surface area contributed by atoms with Gasteiger partial charge in [-0.25, -0.2) is 0 Å². The van der Waals surface area contributed by atoms with Crippen molar-refractivity contribution in [2.24, 2.45) is 0 Å². The van der Waals surface area contributed by atoms with Crippen molar-refractivity contribution in [1.82, 2.24) is 0 Å². The summed E-state index contributed by atoms with van der Waals surface area (Å²) < 4.78 is 0. The molecule has 0 fully saturated rings. The van der Waals surface area contributed by atoms with Gasteiger partial charge in [-0.3, -0.25) is 0 Å². The van der Waals surface area contributed by atoms with Gasteiger partial charge in [-0.1, -0.05) is 6.07 Å². The molecule has 1 unspecified atom stereocenters. The molecular weight excluding hydrogens is 172 g/mol. The Morgan fingerprint density at radius 3 is 3.17 bits per heavy atom. The van der Waals surface area contributed by atoms with Crippen LogP contribution in [0.5, 0.6) is 5.75 Å². The highest BCUT2D eigenvalue weighted by Gasteiger charge is 2.25. The number of aromatic hydroxyl groups is 1. The van der Waals surface area contributed by atoms with E-state index in [1.54, 1.807) is 23.9 Å². The van der Waals surface area contributed by atoms with Crippen molar-refractivity contribution >= 4 is 18.0 Å². The van der Waals surface area contributed by atoms with Gasteiger partial charge >= 0.3 is 0 Å². The summed E-state index contributed by atoms with van der Waals surface area (Å²) in [5.41, 5.74) is 0.803. The van der Waals surface area contributed by atoms with Crippen LogP contribution in [0.2, 0.25) is 0 Å². The average Bonchev–Trinajstić information content (AvgIpc) is 2.49. The molecule has 2 rings (SSSR count). The molecule has 3 heteroatoms. The summed E-state index contributed by atoms with van der Waals surface area (Å²) >= 11 is 1.62. The van der Waals surface area contributed by atoms with Crippen LogP contribution < -0.4 is 0 Å². The molecule has 0 aliphatic carbocycles. The summed E-state index contributed by atoms with van der Waals surface area (Å²) in [5.74, 6) is 0.886. The first-order valence-corrected chi connectivity index (χ1v) is 4.71. The maximum Gasteiger partial charge on any atom is 0.128 e. The fraction of sp³-hybridized carbons (Fsp3) is 0.222. The molecule has 0 amide bonds. The molecule has 2 nitrogen and oxygen atoms in total. The first-order chi connectivity index (χ1) is 5.83. The van der Waals surface area contributed by atoms with Crippen LogP contribution in [0.25, 0.3) is 0 Å². The van der Waals surface area contributed by atoms with E-state index in [0.717, 1.165) is 22.5 Å². The van der Waals surface area contributed by atoms with Gasteiger partial charge < -0.3 is 9.90 Å². The Bertz CT molecular complexity index is 322. The number of carbonyl (C=O) groups is 1. The fourth-order valence-electron chi connectivity index (χ4n) is 1.40. The molecular formula is C9H8O2S. The topological polar surface area (TPSA) is 37.3 Å². The Morgan fingerprint density at radius 1 is 1.58 bits per heavy atom. The predicted molar refractivity (Wildman–Crippen MR) is 47.6 cm³/mol. The minimum absolute atomic E-state index is 0.119. The number of carbonyl (C=O) groups excluding carboxylic acids is 1. The van der Waals surface area contributed by atoms with Gasteiger partial charge in [0.25, 0.3) is 0 Å². The van der Waals surface area contributed by atoms with Crippen molar-refractivity contribution in [3.63, 3.8) is 0 Å². The van der Waals surface area contributed by atoms with E-state index in [0.29, 0.717) is 0 Å². The number of hydrogen-bond donors (Lipinski definition) is 1. The fourth-order valence-corrected chi connectivity index (χ4v) is 2.59. The standard InChI is InChI=1S/C9H8O2S/c10-4-6-5-12-8-3-1-2-7(11)9(6)8/h1-4,6,11H,5H2. The van der Waals surface area contributed by atoms with Crippen LogP contribution in [0.3, 0.4) is 0 Å². The summed E-state index contributed by atoms with van der Waals surface area (Å²) in [7, 11) is 0. The molecule has 0 radical (unpaired) electrons. The first kappa shape index (κ1) is 7.68. The Morgan fingerprint density at radius 2 is 2.42 bits per heavy atom. The summed E-state index contributed by atoms with van der Waals surface area (Å²) in [6, 6.07) is 5.36. The van der Waals surface area contributed by atoms with Crippen LogP contribution in [0, 0.1) is 0 Å². The molecule has 1 aromatic carbocycles. The molecule has 0 saturated carbocycles. The lowest BCUT2D eigenvalue weighted by Crippen LogP contribution is -1.97. The third-order valence-corrected chi connectivity index (χ3v) is 3.19. The van der Waals surface area contributed by atoms with Gasteiger partial charge in [-0.05, 0) is 12.1 Å². The SMILES string of the molecule is O=CC1CSc2cccc(O)c21. The van der Waals surface area contributed by atoms with Gasteiger partial charge in [-0.15, -0.1) is 11.8 Å². The number of hydrogen-bond acceptors (Lipinski definition) is 3. The first-order valence-electron chi connectivity index (χ1n) is 3.73. The van der Waals surface area contributed by atoms with Crippen LogP contribution in [-0.4, -0.2) is 17.1 Å². The molecule has 1 aliphatic rings. The molecule has 1 atom stereocenters. The van der Waals surface area contributed by atoms with E-state index in [2.05, 4.69) is 0 Å². The van der Waals surface area contributed by atoms with Gasteiger partial charge in [0.2, 0.25) is 0 Å². The van der Waals surface area contributed by atoms with Crippen LogP contribution >= 0.6 is 11.8 Å². The molecule has 62 valence electrons. The minimum Gasteiger partial charge on any atom is -0.508 e. The summed E-state index contributed by atoms with van der Waals surface area (Å²) in [5, 5.41) is 9.46. The average molecular weight is 180 g/mol. The third kappa shape index (κ3) is 1.01. The van der Waals surface area contributed by atoms with Crippen molar-refractivity contribution in [3.8, 4) is 5.75 Å². The summed E-state index contributed by atoms with van der Waals surface area (Å²) in [6.07, 6.45) is 0.901. The Labute approximate surface area is 74.6 Å². The minimum atomic E-state index is -0.119. The van der Waals surface area contributed by atoms with Crippen molar-refractivity contribution in [1.29, 1.82) is 0 Å². The quantitative estimate of drug-likeness (QED) is 0.669. The number of fused-ring (bicyclic) bond motifs is 1. The molecule has 0 aromatic heterocycles. The van der Waals surface area contributed by atoms with E-state index in [4.69, 9.17) is 0 Å². The highest BCUT2D eigenvalue weighted by atomic mass is 32.2. The van der Waals surface area contributed by atoms with E-state index < -0.39 is 0 Å². The van der Waals surface area contributed by atoms with Crippen LogP contribution in [0.15, 0.2) is 23.1 Å². The number of aldehydes is 1. The second-order valence-electron chi connectivity index (χ2n) is 2.74. The third-order valence-electron chi connectivity index (χ3n) is 2.00. The maximum atomic E-state index is 10.6. The van der Waals surface area contributed by atoms with E-state index in [-0.39, 0.29) is 11.7 Å². The highest BCUT2D eigenvalue weighted by molar-refractivity contribution is 7.99. The number of thioether (sulfide) groups is 1. The second kappa shape index (κ2) is 2.83. The molecule has 12 heavy (non-hydrogen) atoms. The van der Waals surface area contributed by atoms with Crippen LogP contribution in [0.4, 0.5) is 0 Å². The van der Waals surface area contributed by atoms with Crippen molar-refractivity contribution in [2.45, 2.75) is 10.8 Å². The van der Waals surface area contributed by atoms with Gasteiger partial charge in [0.15, 0.2) is 0 Å². The van der Waals surface area contributed by atoms with Gasteiger partial charge in [0.05, 0.1) is 5.92 Å². The summed E-state index contributed by atoms with van der Waals surface area (Å²) in [6.45, 7) is 0. The van der Waals surface area contributed by atoms with Crippen LogP contribution in [0.1, 0.15) is 11.5 Å². The van der Waals surface area contributed by atoms with Gasteiger partial charge in [0, 0.05) is 16.2 Å². The Balaban J connectivity index is 2.55. The summed E-state index contributed by atoms with van der Waals surface area (Å²) in [4.78, 5) is 11.6. The Kier molecular flexibility index (Phi) is 1.81. The van der Waals surface area contributed by atoms with E-state index in [1.807, 2.05) is 6.07 Å². The molecule has 0 bridgehead atoms. The predicted octanol–water partition coefficient (Wildman–Crippen LogP) is 1.78.